The van der Waals surface area contributed by atoms with Gasteiger partial charge in [-0.2, -0.15) is 11.8 Å². The molecule has 1 aromatic carbocycles. The molecule has 1 aromatic rings. The number of hydrogen-bond donors (Lipinski definition) is 1. The smallest absolute Gasteiger partial charge is 0.193 e. The van der Waals surface area contributed by atoms with Crippen LogP contribution < -0.4 is 5.32 Å². The summed E-state index contributed by atoms with van der Waals surface area (Å²) < 4.78 is 6.41. The van der Waals surface area contributed by atoms with Gasteiger partial charge in [0.05, 0.1) is 6.10 Å². The van der Waals surface area contributed by atoms with Crippen molar-refractivity contribution in [3.8, 4) is 0 Å². The first kappa shape index (κ1) is 21.8. The molecule has 0 radical (unpaired) electrons. The fourth-order valence-electron chi connectivity index (χ4n) is 3.82. The van der Waals surface area contributed by atoms with Crippen LogP contribution in [0.1, 0.15) is 38.4 Å². The Hall–Kier alpha value is -0.470. The van der Waals surface area contributed by atoms with Crippen molar-refractivity contribution < 1.29 is 4.74 Å². The van der Waals surface area contributed by atoms with E-state index in [9.17, 15) is 0 Å². The summed E-state index contributed by atoms with van der Waals surface area (Å²) in [6.07, 6.45) is 2.53. The van der Waals surface area contributed by atoms with Crippen LogP contribution in [-0.4, -0.2) is 54.6 Å². The predicted octanol–water partition coefficient (Wildman–Crippen LogP) is 4.18. The quantitative estimate of drug-likeness (QED) is 0.393. The Bertz CT molecular complexity index is 582. The van der Waals surface area contributed by atoms with E-state index in [0.717, 1.165) is 44.4 Å². The van der Waals surface area contributed by atoms with Crippen molar-refractivity contribution in [1.29, 1.82) is 0 Å². The minimum atomic E-state index is 0. The number of rotatable bonds is 3. The van der Waals surface area contributed by atoms with Crippen LogP contribution in [0.2, 0.25) is 0 Å². The Morgan fingerprint density at radius 2 is 2.12 bits per heavy atom. The average molecular weight is 489 g/mol. The van der Waals surface area contributed by atoms with Gasteiger partial charge in [-0.15, -0.1) is 24.0 Å². The van der Waals surface area contributed by atoms with Crippen molar-refractivity contribution in [1.82, 2.24) is 10.2 Å². The second-order valence-corrected chi connectivity index (χ2v) is 9.36. The molecule has 3 rings (SSSR count). The van der Waals surface area contributed by atoms with Gasteiger partial charge in [0.25, 0.3) is 0 Å². The van der Waals surface area contributed by atoms with Gasteiger partial charge in [0, 0.05) is 49.7 Å². The summed E-state index contributed by atoms with van der Waals surface area (Å²) in [6.45, 7) is 8.52. The lowest BCUT2D eigenvalue weighted by Gasteiger charge is -2.40. The molecule has 4 nitrogen and oxygen atoms in total. The molecule has 1 N–H and O–H groups in total. The second-order valence-electron chi connectivity index (χ2n) is 7.56. The van der Waals surface area contributed by atoms with Gasteiger partial charge in [-0.1, -0.05) is 30.3 Å². The van der Waals surface area contributed by atoms with E-state index < -0.39 is 0 Å². The maximum absolute atomic E-state index is 6.12. The average Bonchev–Trinajstić information content (AvgIpc) is 2.62. The topological polar surface area (TPSA) is 36.9 Å². The number of halogens is 1. The van der Waals surface area contributed by atoms with Crippen LogP contribution in [0.25, 0.3) is 0 Å². The first-order valence-electron chi connectivity index (χ1n) is 9.35. The molecule has 0 saturated carbocycles. The number of ether oxygens (including phenoxy) is 1. The van der Waals surface area contributed by atoms with Gasteiger partial charge in [0.15, 0.2) is 5.96 Å². The van der Waals surface area contributed by atoms with E-state index >= 15 is 0 Å². The lowest BCUT2D eigenvalue weighted by molar-refractivity contribution is -0.0266. The van der Waals surface area contributed by atoms with Crippen molar-refractivity contribution in [2.75, 3.05) is 39.0 Å². The molecule has 0 bridgehead atoms. The predicted molar refractivity (Wildman–Crippen MR) is 123 cm³/mol. The highest BCUT2D eigenvalue weighted by Crippen LogP contribution is 2.33. The lowest BCUT2D eigenvalue weighted by Crippen LogP contribution is -2.52. The largest absolute Gasteiger partial charge is 0.373 e. The molecule has 146 valence electrons. The van der Waals surface area contributed by atoms with Crippen molar-refractivity contribution in [2.45, 2.75) is 37.5 Å². The molecule has 0 spiro atoms. The fourth-order valence-corrected chi connectivity index (χ4v) is 4.93. The van der Waals surface area contributed by atoms with Crippen molar-refractivity contribution in [3.05, 3.63) is 35.9 Å². The normalized spacial score (nSPS) is 26.1. The van der Waals surface area contributed by atoms with Gasteiger partial charge in [0.1, 0.15) is 0 Å². The van der Waals surface area contributed by atoms with Crippen LogP contribution >= 0.6 is 35.7 Å². The summed E-state index contributed by atoms with van der Waals surface area (Å²) in [5.41, 5.74) is 1.29. The summed E-state index contributed by atoms with van der Waals surface area (Å²) in [7, 11) is 1.89. The third kappa shape index (κ3) is 5.76. The van der Waals surface area contributed by atoms with Crippen LogP contribution in [0, 0.1) is 5.92 Å². The number of guanidine groups is 1. The molecule has 2 fully saturated rings. The highest BCUT2D eigenvalue weighted by Gasteiger charge is 2.31. The summed E-state index contributed by atoms with van der Waals surface area (Å²) in [6, 6.07) is 10.6. The van der Waals surface area contributed by atoms with E-state index in [1.165, 1.54) is 12.0 Å². The standard InChI is InChI=1S/C20H31N3OS.HI/c1-20(2)15-23(11-13-25-20)19(21-3)22-14-17-10-7-12-24-18(17)16-8-5-4-6-9-16;/h4-6,8-9,17-18H,7,10-15H2,1-3H3,(H,21,22);1H. The third-order valence-electron chi connectivity index (χ3n) is 5.03. The number of hydrogen-bond acceptors (Lipinski definition) is 3. The van der Waals surface area contributed by atoms with Gasteiger partial charge >= 0.3 is 0 Å². The molecule has 2 atom stereocenters. The molecular formula is C20H32IN3OS. The zero-order valence-corrected chi connectivity index (χ0v) is 19.3. The van der Waals surface area contributed by atoms with E-state index in [2.05, 4.69) is 71.2 Å². The number of nitrogens with one attached hydrogen (secondary N) is 1. The maximum Gasteiger partial charge on any atom is 0.193 e. The molecule has 26 heavy (non-hydrogen) atoms. The van der Waals surface area contributed by atoms with E-state index in [1.54, 1.807) is 0 Å². The van der Waals surface area contributed by atoms with Gasteiger partial charge in [-0.25, -0.2) is 0 Å². The van der Waals surface area contributed by atoms with E-state index in [0.29, 0.717) is 5.92 Å². The summed E-state index contributed by atoms with van der Waals surface area (Å²) in [5.74, 6) is 2.68. The molecular weight excluding hydrogens is 457 g/mol. The van der Waals surface area contributed by atoms with Crippen LogP contribution in [0.4, 0.5) is 0 Å². The Balaban J connectivity index is 0.00000243. The van der Waals surface area contributed by atoms with Gasteiger partial charge in [0.2, 0.25) is 0 Å². The molecule has 2 aliphatic heterocycles. The minimum Gasteiger partial charge on any atom is -0.373 e. The third-order valence-corrected chi connectivity index (χ3v) is 6.33. The lowest BCUT2D eigenvalue weighted by atomic mass is 9.89. The summed E-state index contributed by atoms with van der Waals surface area (Å²) >= 11 is 2.05. The minimum absolute atomic E-state index is 0. The van der Waals surface area contributed by atoms with E-state index in [-0.39, 0.29) is 34.8 Å². The van der Waals surface area contributed by atoms with Crippen LogP contribution in [0.15, 0.2) is 35.3 Å². The fraction of sp³-hybridized carbons (Fsp3) is 0.650. The van der Waals surface area contributed by atoms with Crippen molar-refractivity contribution in [3.63, 3.8) is 0 Å². The van der Waals surface area contributed by atoms with Crippen LogP contribution in [-0.2, 0) is 4.74 Å². The first-order chi connectivity index (χ1) is 12.1. The zero-order valence-electron chi connectivity index (χ0n) is 16.1. The van der Waals surface area contributed by atoms with Gasteiger partial charge < -0.3 is 15.0 Å². The Kier molecular flexibility index (Phi) is 8.54. The van der Waals surface area contributed by atoms with Crippen molar-refractivity contribution in [2.24, 2.45) is 10.9 Å². The molecule has 0 amide bonds. The number of benzene rings is 1. The summed E-state index contributed by atoms with van der Waals surface area (Å²) in [4.78, 5) is 6.94. The maximum atomic E-state index is 6.12. The Morgan fingerprint density at radius 1 is 1.35 bits per heavy atom. The van der Waals surface area contributed by atoms with E-state index in [1.807, 2.05) is 7.05 Å². The number of thioether (sulfide) groups is 1. The highest BCUT2D eigenvalue weighted by molar-refractivity contribution is 14.0. The second kappa shape index (κ2) is 10.2. The molecule has 2 heterocycles. The molecule has 0 aromatic heterocycles. The van der Waals surface area contributed by atoms with Crippen LogP contribution in [0.5, 0.6) is 0 Å². The Morgan fingerprint density at radius 3 is 2.81 bits per heavy atom. The molecule has 6 heteroatoms. The highest BCUT2D eigenvalue weighted by atomic mass is 127. The SMILES string of the molecule is CN=C(NCC1CCCOC1c1ccccc1)N1CCSC(C)(C)C1.I. The molecule has 2 aliphatic rings. The molecule has 2 saturated heterocycles. The molecule has 0 aliphatic carbocycles. The first-order valence-corrected chi connectivity index (χ1v) is 10.3. The summed E-state index contributed by atoms with van der Waals surface area (Å²) in [5, 5.41) is 3.63. The van der Waals surface area contributed by atoms with Gasteiger partial charge in [-0.3, -0.25) is 4.99 Å². The Labute approximate surface area is 179 Å². The number of nitrogens with zero attached hydrogens (tertiary/aromatic N) is 2. The number of aliphatic imine (C=N–C) groups is 1. The van der Waals surface area contributed by atoms with Crippen LogP contribution in [0.3, 0.4) is 0 Å². The monoisotopic (exact) mass is 489 g/mol. The van der Waals surface area contributed by atoms with Crippen molar-refractivity contribution >= 4 is 41.7 Å². The zero-order chi connectivity index (χ0) is 17.7. The van der Waals surface area contributed by atoms with Gasteiger partial charge in [-0.05, 0) is 32.3 Å². The van der Waals surface area contributed by atoms with E-state index in [4.69, 9.17) is 4.74 Å². The molecule has 2 unspecified atom stereocenters.